The molecule has 0 radical (unpaired) electrons. The van der Waals surface area contributed by atoms with E-state index in [1.54, 1.807) is 48.5 Å². The molecule has 0 aliphatic heterocycles. The molecule has 3 aromatic carbocycles. The molecule has 0 unspecified atom stereocenters. The molecule has 0 atom stereocenters. The molecular weight excluding hydrogens is 444 g/mol. The van der Waals surface area contributed by atoms with E-state index >= 15 is 0 Å². The number of amides is 1. The maximum Gasteiger partial charge on any atom is 0.261 e. The number of sulfonamides is 1. The van der Waals surface area contributed by atoms with E-state index in [1.165, 1.54) is 25.3 Å². The molecule has 0 bridgehead atoms. The number of methoxy groups -OCH3 is 1. The lowest BCUT2D eigenvalue weighted by atomic mass is 10.2. The number of halogens is 1. The third kappa shape index (κ3) is 4.71. The van der Waals surface area contributed by atoms with E-state index in [0.717, 1.165) is 0 Å². The van der Waals surface area contributed by atoms with Crippen molar-refractivity contribution >= 4 is 43.2 Å². The predicted octanol–water partition coefficient (Wildman–Crippen LogP) is 4.51. The number of anilines is 2. The second-order valence-electron chi connectivity index (χ2n) is 5.80. The molecule has 3 aromatic rings. The van der Waals surface area contributed by atoms with Crippen LogP contribution >= 0.6 is 15.9 Å². The first kappa shape index (κ1) is 19.9. The molecule has 0 fully saturated rings. The summed E-state index contributed by atoms with van der Waals surface area (Å²) in [6.45, 7) is 0. The fourth-order valence-electron chi connectivity index (χ4n) is 2.44. The zero-order chi connectivity index (χ0) is 20.1. The lowest BCUT2D eigenvalue weighted by molar-refractivity contribution is 0.102. The lowest BCUT2D eigenvalue weighted by Crippen LogP contribution is -2.16. The van der Waals surface area contributed by atoms with Crippen molar-refractivity contribution in [1.29, 1.82) is 0 Å². The molecule has 3 rings (SSSR count). The Labute approximate surface area is 171 Å². The van der Waals surface area contributed by atoms with Crippen LogP contribution in [-0.4, -0.2) is 21.4 Å². The van der Waals surface area contributed by atoms with Crippen LogP contribution in [0.5, 0.6) is 5.75 Å². The summed E-state index contributed by atoms with van der Waals surface area (Å²) in [6, 6.07) is 19.7. The molecule has 0 spiro atoms. The summed E-state index contributed by atoms with van der Waals surface area (Å²) >= 11 is 3.30. The average Bonchev–Trinajstić information content (AvgIpc) is 2.69. The maximum absolute atomic E-state index is 12.7. The Balaban J connectivity index is 1.85. The van der Waals surface area contributed by atoms with Crippen LogP contribution in [0.2, 0.25) is 0 Å². The van der Waals surface area contributed by atoms with Crippen LogP contribution in [0.1, 0.15) is 10.4 Å². The van der Waals surface area contributed by atoms with Crippen molar-refractivity contribution in [2.75, 3.05) is 17.1 Å². The SMILES string of the molecule is COc1ccc(NS(=O)(=O)c2ccc(Br)c(C(=O)Nc3ccccc3)c2)cc1. The van der Waals surface area contributed by atoms with Gasteiger partial charge in [-0.05, 0) is 70.5 Å². The Hall–Kier alpha value is -2.84. The number of carbonyl (C=O) groups excluding carboxylic acids is 1. The average molecular weight is 461 g/mol. The molecule has 0 saturated heterocycles. The Morgan fingerprint density at radius 2 is 1.61 bits per heavy atom. The van der Waals surface area contributed by atoms with Crippen molar-refractivity contribution in [2.45, 2.75) is 4.90 Å². The maximum atomic E-state index is 12.7. The molecule has 2 N–H and O–H groups in total. The van der Waals surface area contributed by atoms with Crippen molar-refractivity contribution in [1.82, 2.24) is 0 Å². The molecular formula is C20H17BrN2O4S. The van der Waals surface area contributed by atoms with Gasteiger partial charge in [0.2, 0.25) is 0 Å². The largest absolute Gasteiger partial charge is 0.497 e. The molecule has 0 aromatic heterocycles. The summed E-state index contributed by atoms with van der Waals surface area (Å²) < 4.78 is 33.5. The van der Waals surface area contributed by atoms with E-state index < -0.39 is 15.9 Å². The Kier molecular flexibility index (Phi) is 6.01. The fourth-order valence-corrected chi connectivity index (χ4v) is 3.95. The third-order valence-corrected chi connectivity index (χ3v) is 5.94. The zero-order valence-electron chi connectivity index (χ0n) is 14.8. The number of hydrogen-bond donors (Lipinski definition) is 2. The fraction of sp³-hybridized carbons (Fsp3) is 0.0500. The first-order valence-electron chi connectivity index (χ1n) is 8.22. The highest BCUT2D eigenvalue weighted by Crippen LogP contribution is 2.24. The standard InChI is InChI=1S/C20H17BrN2O4S/c1-27-16-9-7-15(8-10-16)23-28(25,26)17-11-12-19(21)18(13-17)20(24)22-14-5-3-2-4-6-14/h2-13,23H,1H3,(H,22,24). The van der Waals surface area contributed by atoms with Gasteiger partial charge in [-0.25, -0.2) is 8.42 Å². The van der Waals surface area contributed by atoms with Gasteiger partial charge in [0.15, 0.2) is 0 Å². The number of para-hydroxylation sites is 1. The smallest absolute Gasteiger partial charge is 0.261 e. The van der Waals surface area contributed by atoms with Gasteiger partial charge in [-0.1, -0.05) is 18.2 Å². The van der Waals surface area contributed by atoms with Crippen molar-refractivity contribution in [3.8, 4) is 5.75 Å². The van der Waals surface area contributed by atoms with Gasteiger partial charge in [-0.2, -0.15) is 0 Å². The minimum absolute atomic E-state index is 0.0234. The van der Waals surface area contributed by atoms with Gasteiger partial charge < -0.3 is 10.1 Å². The number of nitrogens with one attached hydrogen (secondary N) is 2. The number of carbonyl (C=O) groups is 1. The van der Waals surface area contributed by atoms with E-state index in [0.29, 0.717) is 21.6 Å². The first-order valence-corrected chi connectivity index (χ1v) is 10.5. The molecule has 0 saturated carbocycles. The van der Waals surface area contributed by atoms with E-state index in [1.807, 2.05) is 6.07 Å². The highest BCUT2D eigenvalue weighted by atomic mass is 79.9. The Morgan fingerprint density at radius 3 is 2.25 bits per heavy atom. The van der Waals surface area contributed by atoms with Crippen LogP contribution in [-0.2, 0) is 10.0 Å². The molecule has 144 valence electrons. The van der Waals surface area contributed by atoms with Crippen LogP contribution in [0, 0.1) is 0 Å². The van der Waals surface area contributed by atoms with Gasteiger partial charge in [0.05, 0.1) is 17.6 Å². The van der Waals surface area contributed by atoms with Crippen molar-refractivity contribution in [3.63, 3.8) is 0 Å². The van der Waals surface area contributed by atoms with Gasteiger partial charge in [0, 0.05) is 15.8 Å². The minimum atomic E-state index is -3.87. The van der Waals surface area contributed by atoms with Crippen LogP contribution in [0.25, 0.3) is 0 Å². The minimum Gasteiger partial charge on any atom is -0.497 e. The van der Waals surface area contributed by atoms with Gasteiger partial charge in [-0.3, -0.25) is 9.52 Å². The number of benzene rings is 3. The molecule has 28 heavy (non-hydrogen) atoms. The van der Waals surface area contributed by atoms with E-state index in [9.17, 15) is 13.2 Å². The molecule has 0 heterocycles. The van der Waals surface area contributed by atoms with E-state index in [2.05, 4.69) is 26.0 Å². The predicted molar refractivity (Wildman–Crippen MR) is 112 cm³/mol. The topological polar surface area (TPSA) is 84.5 Å². The van der Waals surface area contributed by atoms with Gasteiger partial charge in [0.25, 0.3) is 15.9 Å². The highest BCUT2D eigenvalue weighted by molar-refractivity contribution is 9.10. The highest BCUT2D eigenvalue weighted by Gasteiger charge is 2.19. The molecule has 8 heteroatoms. The number of ether oxygens (including phenoxy) is 1. The second kappa shape index (κ2) is 8.45. The van der Waals surface area contributed by atoms with E-state index in [-0.39, 0.29) is 10.5 Å². The Bertz CT molecular complexity index is 1080. The van der Waals surface area contributed by atoms with Crippen molar-refractivity contribution < 1.29 is 17.9 Å². The lowest BCUT2D eigenvalue weighted by Gasteiger charge is -2.11. The van der Waals surface area contributed by atoms with Gasteiger partial charge in [-0.15, -0.1) is 0 Å². The molecule has 0 aliphatic rings. The molecule has 6 nitrogen and oxygen atoms in total. The van der Waals surface area contributed by atoms with Crippen molar-refractivity contribution in [2.24, 2.45) is 0 Å². The summed E-state index contributed by atoms with van der Waals surface area (Å²) in [7, 11) is -2.34. The summed E-state index contributed by atoms with van der Waals surface area (Å²) in [6.07, 6.45) is 0. The van der Waals surface area contributed by atoms with Gasteiger partial charge in [0.1, 0.15) is 5.75 Å². The Morgan fingerprint density at radius 1 is 0.929 bits per heavy atom. The van der Waals surface area contributed by atoms with Crippen LogP contribution in [0.15, 0.2) is 82.2 Å². The molecule has 1 amide bonds. The van der Waals surface area contributed by atoms with Crippen LogP contribution < -0.4 is 14.8 Å². The first-order chi connectivity index (χ1) is 13.4. The molecule has 0 aliphatic carbocycles. The summed E-state index contributed by atoms with van der Waals surface area (Å²) in [5, 5.41) is 2.74. The van der Waals surface area contributed by atoms with Gasteiger partial charge >= 0.3 is 0 Å². The quantitative estimate of drug-likeness (QED) is 0.566. The third-order valence-electron chi connectivity index (χ3n) is 3.87. The second-order valence-corrected chi connectivity index (χ2v) is 8.33. The normalized spacial score (nSPS) is 10.9. The van der Waals surface area contributed by atoms with Crippen LogP contribution in [0.3, 0.4) is 0 Å². The number of rotatable bonds is 6. The monoisotopic (exact) mass is 460 g/mol. The van der Waals surface area contributed by atoms with Crippen molar-refractivity contribution in [3.05, 3.63) is 82.8 Å². The van der Waals surface area contributed by atoms with Crippen LogP contribution in [0.4, 0.5) is 11.4 Å². The zero-order valence-corrected chi connectivity index (χ0v) is 17.2. The summed E-state index contributed by atoms with van der Waals surface area (Å²) in [4.78, 5) is 12.5. The van der Waals surface area contributed by atoms with E-state index in [4.69, 9.17) is 4.74 Å². The summed E-state index contributed by atoms with van der Waals surface area (Å²) in [5.74, 6) is 0.200. The summed E-state index contributed by atoms with van der Waals surface area (Å²) in [5.41, 5.74) is 1.21. The number of hydrogen-bond acceptors (Lipinski definition) is 4.